The second-order valence-corrected chi connectivity index (χ2v) is 12.3. The quantitative estimate of drug-likeness (QED) is 0.163. The molecule has 44 heavy (non-hydrogen) atoms. The molecular weight excluding hydrogens is 552 g/mol. The van der Waals surface area contributed by atoms with Gasteiger partial charge in [-0.05, 0) is 60.4 Å². The number of urea groups is 1. The van der Waals surface area contributed by atoms with E-state index in [-0.39, 0.29) is 18.1 Å². The van der Waals surface area contributed by atoms with E-state index >= 15 is 0 Å². The van der Waals surface area contributed by atoms with E-state index in [0.717, 1.165) is 28.3 Å². The number of fused-ring (bicyclic) bond motifs is 2. The van der Waals surface area contributed by atoms with Crippen LogP contribution in [0.1, 0.15) is 88.0 Å². The van der Waals surface area contributed by atoms with Crippen LogP contribution in [0.3, 0.4) is 0 Å². The molecule has 4 aromatic rings. The number of rotatable bonds is 8. The Morgan fingerprint density at radius 2 is 1.80 bits per heavy atom. The van der Waals surface area contributed by atoms with Gasteiger partial charge in [0.1, 0.15) is 23.5 Å². The van der Waals surface area contributed by atoms with Crippen molar-refractivity contribution in [1.82, 2.24) is 25.2 Å². The minimum atomic E-state index is -0.414. The summed E-state index contributed by atoms with van der Waals surface area (Å²) in [6.07, 6.45) is 4.77. The predicted octanol–water partition coefficient (Wildman–Crippen LogP) is 7.00. The van der Waals surface area contributed by atoms with E-state index in [0.29, 0.717) is 35.6 Å². The highest BCUT2D eigenvalue weighted by Gasteiger charge is 2.30. The third-order valence-corrected chi connectivity index (χ3v) is 7.58. The molecule has 0 aliphatic heterocycles. The van der Waals surface area contributed by atoms with Crippen LogP contribution in [0.4, 0.5) is 10.5 Å². The number of amides is 2. The van der Waals surface area contributed by atoms with E-state index in [1.807, 2.05) is 67.8 Å². The molecule has 2 heterocycles. The summed E-state index contributed by atoms with van der Waals surface area (Å²) >= 11 is 0. The van der Waals surface area contributed by atoms with Gasteiger partial charge in [-0.2, -0.15) is 5.26 Å². The molecule has 0 radical (unpaired) electrons. The van der Waals surface area contributed by atoms with Crippen LogP contribution in [0.5, 0.6) is 5.75 Å². The van der Waals surface area contributed by atoms with Crippen molar-refractivity contribution in [3.8, 4) is 11.8 Å². The predicted molar refractivity (Wildman–Crippen MR) is 171 cm³/mol. The lowest BCUT2D eigenvalue weighted by Gasteiger charge is -2.32. The van der Waals surface area contributed by atoms with Gasteiger partial charge in [0.15, 0.2) is 5.65 Å². The zero-order chi connectivity index (χ0) is 31.4. The van der Waals surface area contributed by atoms with Gasteiger partial charge < -0.3 is 20.8 Å². The summed E-state index contributed by atoms with van der Waals surface area (Å²) in [5, 5.41) is 35.4. The van der Waals surface area contributed by atoms with E-state index in [4.69, 9.17) is 15.4 Å². The van der Waals surface area contributed by atoms with Crippen LogP contribution in [-0.4, -0.2) is 26.3 Å². The largest absolute Gasteiger partial charge is 0.484 e. The first-order valence-corrected chi connectivity index (χ1v) is 14.8. The number of carbonyl (C=O) groups excluding carboxylic acids is 1. The summed E-state index contributed by atoms with van der Waals surface area (Å²) in [5.74, 6) is 2.20. The minimum Gasteiger partial charge on any atom is -0.484 e. The lowest BCUT2D eigenvalue weighted by molar-refractivity contribution is 0.171. The first-order valence-electron chi connectivity index (χ1n) is 14.8. The molecule has 2 atom stereocenters. The molecule has 0 unspecified atom stereocenters. The average Bonchev–Trinajstić information content (AvgIpc) is 3.42. The van der Waals surface area contributed by atoms with Crippen molar-refractivity contribution in [3.63, 3.8) is 0 Å². The summed E-state index contributed by atoms with van der Waals surface area (Å²) in [6, 6.07) is 20.2. The van der Waals surface area contributed by atoms with Crippen LogP contribution >= 0.6 is 0 Å². The fourth-order valence-electron chi connectivity index (χ4n) is 5.10. The smallest absolute Gasteiger partial charge is 0.320 e. The number of aromatic nitrogens is 3. The second-order valence-electron chi connectivity index (χ2n) is 12.3. The molecule has 5 rings (SSSR count). The zero-order valence-electron chi connectivity index (χ0n) is 25.7. The minimum absolute atomic E-state index is 0.176. The fourth-order valence-corrected chi connectivity index (χ4v) is 5.10. The van der Waals surface area contributed by atoms with Crippen molar-refractivity contribution < 1.29 is 9.53 Å². The highest BCUT2D eigenvalue weighted by molar-refractivity contribution is 5.97. The standard InChI is InChI=1S/C34H38N8O2/c1-21(2)32-41-40-31-17-14-24(20-42(31)32)44-28-16-15-27(25-8-6-7-9-26(25)28)38-33(43)39-30(18-29(36)34(3,4)5)37-23-12-10-22(19-35)11-13-23/h6-14,17-18,20-21,27-28,36-37H,15-16H2,1-5H3,(H2,38,39,43)/b30-18+,36-29?/t27-,28-/m0/s1. The maximum atomic E-state index is 13.3. The van der Waals surface area contributed by atoms with E-state index in [2.05, 4.69) is 46.1 Å². The van der Waals surface area contributed by atoms with Crippen molar-refractivity contribution in [2.45, 2.75) is 65.5 Å². The molecule has 10 nitrogen and oxygen atoms in total. The number of nitriles is 1. The summed E-state index contributed by atoms with van der Waals surface area (Å²) < 4.78 is 8.47. The van der Waals surface area contributed by atoms with Crippen molar-refractivity contribution in [2.75, 3.05) is 5.32 Å². The lowest BCUT2D eigenvalue weighted by Crippen LogP contribution is -2.41. The molecule has 1 aliphatic carbocycles. The maximum Gasteiger partial charge on any atom is 0.320 e. The summed E-state index contributed by atoms with van der Waals surface area (Å²) in [5.41, 5.74) is 3.96. The van der Waals surface area contributed by atoms with Gasteiger partial charge in [0.25, 0.3) is 0 Å². The van der Waals surface area contributed by atoms with Gasteiger partial charge >= 0.3 is 6.03 Å². The molecule has 0 fully saturated rings. The number of ether oxygens (including phenoxy) is 1. The number of allylic oxidation sites excluding steroid dienone is 1. The van der Waals surface area contributed by atoms with Crippen molar-refractivity contribution in [2.24, 2.45) is 5.41 Å². The van der Waals surface area contributed by atoms with Crippen LogP contribution in [0.2, 0.25) is 0 Å². The van der Waals surface area contributed by atoms with Crippen molar-refractivity contribution in [3.05, 3.63) is 101 Å². The maximum absolute atomic E-state index is 13.3. The first-order chi connectivity index (χ1) is 21.0. The van der Waals surface area contributed by atoms with E-state index in [1.54, 1.807) is 30.3 Å². The van der Waals surface area contributed by atoms with Gasteiger partial charge in [0.05, 0.1) is 23.9 Å². The third-order valence-electron chi connectivity index (χ3n) is 7.58. The Morgan fingerprint density at radius 1 is 1.07 bits per heavy atom. The van der Waals surface area contributed by atoms with Crippen LogP contribution < -0.4 is 20.7 Å². The molecule has 226 valence electrons. The highest BCUT2D eigenvalue weighted by atomic mass is 16.5. The molecule has 0 bridgehead atoms. The Hall–Kier alpha value is -5.17. The van der Waals surface area contributed by atoms with Gasteiger partial charge in [0, 0.05) is 28.8 Å². The van der Waals surface area contributed by atoms with E-state index in [9.17, 15) is 4.79 Å². The number of nitrogens with zero attached hydrogens (tertiary/aromatic N) is 4. The topological polar surface area (TPSA) is 140 Å². The molecule has 2 aromatic heterocycles. The molecule has 4 N–H and O–H groups in total. The molecule has 2 amide bonds. The normalized spacial score (nSPS) is 16.6. The fraction of sp³-hybridized carbons (Fsp3) is 0.324. The highest BCUT2D eigenvalue weighted by Crippen LogP contribution is 2.39. The molecule has 0 saturated carbocycles. The van der Waals surface area contributed by atoms with Crippen LogP contribution in [0, 0.1) is 22.2 Å². The summed E-state index contributed by atoms with van der Waals surface area (Å²) in [4.78, 5) is 13.3. The number of anilines is 1. The first kappa shape index (κ1) is 30.3. The van der Waals surface area contributed by atoms with Crippen LogP contribution in [0.15, 0.2) is 78.8 Å². The van der Waals surface area contributed by atoms with E-state index < -0.39 is 11.4 Å². The van der Waals surface area contributed by atoms with Crippen LogP contribution in [0.25, 0.3) is 5.65 Å². The number of pyridine rings is 1. The Balaban J connectivity index is 1.32. The van der Waals surface area contributed by atoms with Gasteiger partial charge in [-0.1, -0.05) is 58.9 Å². The van der Waals surface area contributed by atoms with Gasteiger partial charge in [-0.25, -0.2) is 4.79 Å². The van der Waals surface area contributed by atoms with Crippen LogP contribution in [-0.2, 0) is 0 Å². The third kappa shape index (κ3) is 6.89. The molecule has 0 saturated heterocycles. The van der Waals surface area contributed by atoms with Gasteiger partial charge in [0.2, 0.25) is 0 Å². The van der Waals surface area contributed by atoms with Gasteiger partial charge in [-0.3, -0.25) is 9.72 Å². The Morgan fingerprint density at radius 3 is 2.48 bits per heavy atom. The Labute approximate surface area is 257 Å². The summed E-state index contributed by atoms with van der Waals surface area (Å²) in [7, 11) is 0. The summed E-state index contributed by atoms with van der Waals surface area (Å²) in [6.45, 7) is 9.99. The van der Waals surface area contributed by atoms with Crippen molar-refractivity contribution >= 4 is 23.1 Å². The molecule has 0 spiro atoms. The Bertz CT molecular complexity index is 1740. The van der Waals surface area contributed by atoms with E-state index in [1.165, 1.54) is 0 Å². The number of hydrogen-bond acceptors (Lipinski definition) is 7. The zero-order valence-corrected chi connectivity index (χ0v) is 25.7. The average molecular weight is 591 g/mol. The number of benzene rings is 2. The number of carbonyl (C=O) groups is 1. The van der Waals surface area contributed by atoms with Gasteiger partial charge in [-0.15, -0.1) is 10.2 Å². The SMILES string of the molecule is CC(C)c1nnc2ccc(O[C@H]3CC[C@H](NC(=O)N/C(=C/C(=N)C(C)(C)C)Nc4ccc(C#N)cc4)c4ccccc43)cn12. The second kappa shape index (κ2) is 12.6. The number of hydrogen-bond donors (Lipinski definition) is 4. The number of nitrogens with one attached hydrogen (secondary N) is 4. The molecule has 1 aliphatic rings. The molecule has 2 aromatic carbocycles. The lowest BCUT2D eigenvalue weighted by atomic mass is 9.85. The monoisotopic (exact) mass is 590 g/mol. The Kier molecular flexibility index (Phi) is 8.67. The molecule has 10 heteroatoms. The van der Waals surface area contributed by atoms with Crippen molar-refractivity contribution in [1.29, 1.82) is 10.7 Å². The molecular formula is C34H38N8O2.